The normalized spacial score (nSPS) is 10.3. The van der Waals surface area contributed by atoms with Crippen LogP contribution in [0.4, 0.5) is 5.82 Å². The van der Waals surface area contributed by atoms with E-state index in [-0.39, 0.29) is 0 Å². The molecule has 0 saturated carbocycles. The monoisotopic (exact) mass is 315 g/mol. The number of nitrogens with zero attached hydrogens (tertiary/aromatic N) is 1. The number of ether oxygens (including phenoxy) is 1. The minimum atomic E-state index is 0.381. The Morgan fingerprint density at radius 3 is 2.47 bits per heavy atom. The molecule has 0 unspecified atom stereocenters. The molecule has 0 amide bonds. The molecule has 0 aliphatic carbocycles. The summed E-state index contributed by atoms with van der Waals surface area (Å²) in [6.45, 7) is 0. The third-order valence-electron chi connectivity index (χ3n) is 2.31. The van der Waals surface area contributed by atoms with Crippen LogP contribution in [0, 0.1) is 0 Å². The molecule has 0 aliphatic heterocycles. The van der Waals surface area contributed by atoms with Gasteiger partial charge in [-0.05, 0) is 30.3 Å². The number of hydrazine groups is 1. The fourth-order valence-corrected chi connectivity index (χ4v) is 2.70. The summed E-state index contributed by atoms with van der Waals surface area (Å²) in [4.78, 5) is 5.25. The van der Waals surface area contributed by atoms with Gasteiger partial charge in [-0.15, -0.1) is 0 Å². The molecule has 1 heterocycles. The summed E-state index contributed by atoms with van der Waals surface area (Å²) in [6.07, 6.45) is 0. The molecule has 0 spiro atoms. The standard InChI is InChI=1S/C12H11Cl2N3OS/c1-18-7-2-4-8(5-3-7)19-12-10(14)6-9(13)11(16-12)17-15/h2-6H,15H2,1H3,(H,16,17). The van der Waals surface area contributed by atoms with Gasteiger partial charge in [-0.25, -0.2) is 10.8 Å². The molecule has 0 aliphatic rings. The number of benzene rings is 1. The highest BCUT2D eigenvalue weighted by Gasteiger charge is 2.10. The molecule has 3 N–H and O–H groups in total. The van der Waals surface area contributed by atoms with E-state index in [1.165, 1.54) is 11.8 Å². The van der Waals surface area contributed by atoms with E-state index >= 15 is 0 Å². The van der Waals surface area contributed by atoms with Gasteiger partial charge in [0.1, 0.15) is 10.8 Å². The molecule has 2 aromatic rings. The zero-order valence-corrected chi connectivity index (χ0v) is 12.3. The third-order valence-corrected chi connectivity index (χ3v) is 4.01. The number of nitrogen functional groups attached to an aromatic ring is 1. The van der Waals surface area contributed by atoms with Gasteiger partial charge in [-0.2, -0.15) is 0 Å². The number of anilines is 1. The lowest BCUT2D eigenvalue weighted by molar-refractivity contribution is 0.414. The molecule has 100 valence electrons. The number of aromatic nitrogens is 1. The first-order valence-electron chi connectivity index (χ1n) is 5.28. The molecule has 1 aromatic carbocycles. The Morgan fingerprint density at radius 1 is 1.21 bits per heavy atom. The first kappa shape index (κ1) is 14.3. The Bertz CT molecular complexity index is 578. The molecule has 19 heavy (non-hydrogen) atoms. The maximum absolute atomic E-state index is 6.11. The van der Waals surface area contributed by atoms with Gasteiger partial charge in [0.05, 0.1) is 17.2 Å². The van der Waals surface area contributed by atoms with E-state index in [2.05, 4.69) is 10.4 Å². The number of methoxy groups -OCH3 is 1. The van der Waals surface area contributed by atoms with E-state index in [9.17, 15) is 0 Å². The molecule has 1 aromatic heterocycles. The van der Waals surface area contributed by atoms with Crippen molar-refractivity contribution in [2.75, 3.05) is 12.5 Å². The third kappa shape index (κ3) is 3.45. The van der Waals surface area contributed by atoms with Crippen molar-refractivity contribution in [3.63, 3.8) is 0 Å². The molecule has 7 heteroatoms. The Kier molecular flexibility index (Phi) is 4.76. The zero-order valence-electron chi connectivity index (χ0n) is 9.98. The van der Waals surface area contributed by atoms with Crippen LogP contribution in [0.3, 0.4) is 0 Å². The van der Waals surface area contributed by atoms with E-state index in [1.54, 1.807) is 13.2 Å². The van der Waals surface area contributed by atoms with Crippen LogP contribution in [0.25, 0.3) is 0 Å². The van der Waals surface area contributed by atoms with Crippen molar-refractivity contribution in [1.82, 2.24) is 4.98 Å². The molecule has 4 nitrogen and oxygen atoms in total. The molecule has 0 radical (unpaired) electrons. The SMILES string of the molecule is COc1ccc(Sc2nc(NN)c(Cl)cc2Cl)cc1. The van der Waals surface area contributed by atoms with Crippen molar-refractivity contribution in [2.45, 2.75) is 9.92 Å². The van der Waals surface area contributed by atoms with Gasteiger partial charge in [0.25, 0.3) is 0 Å². The quantitative estimate of drug-likeness (QED) is 0.663. The fraction of sp³-hybridized carbons (Fsp3) is 0.0833. The summed E-state index contributed by atoms with van der Waals surface area (Å²) in [6, 6.07) is 9.19. The Hall–Kier alpha value is -1.14. The minimum absolute atomic E-state index is 0.381. The van der Waals surface area contributed by atoms with E-state index < -0.39 is 0 Å². The molecule has 0 bridgehead atoms. The lowest BCUT2D eigenvalue weighted by Gasteiger charge is -2.08. The first-order valence-corrected chi connectivity index (χ1v) is 6.86. The van der Waals surface area contributed by atoms with E-state index in [1.807, 2.05) is 24.3 Å². The second-order valence-corrected chi connectivity index (χ2v) is 5.40. The predicted octanol–water partition coefficient (Wildman–Crippen LogP) is 3.83. The summed E-state index contributed by atoms with van der Waals surface area (Å²) in [7, 11) is 1.62. The number of rotatable bonds is 4. The second kappa shape index (κ2) is 6.34. The van der Waals surface area contributed by atoms with Gasteiger partial charge in [0.15, 0.2) is 5.82 Å². The van der Waals surface area contributed by atoms with E-state index in [4.69, 9.17) is 33.8 Å². The van der Waals surface area contributed by atoms with Gasteiger partial charge in [-0.3, -0.25) is 0 Å². The van der Waals surface area contributed by atoms with Crippen LogP contribution >= 0.6 is 35.0 Å². The number of hydrogen-bond acceptors (Lipinski definition) is 5. The lowest BCUT2D eigenvalue weighted by atomic mass is 10.3. The van der Waals surface area contributed by atoms with Crippen molar-refractivity contribution >= 4 is 40.8 Å². The number of halogens is 2. The average molecular weight is 316 g/mol. The van der Waals surface area contributed by atoms with Crippen LogP contribution < -0.4 is 16.0 Å². The highest BCUT2D eigenvalue weighted by Crippen LogP contribution is 2.35. The highest BCUT2D eigenvalue weighted by molar-refractivity contribution is 7.99. The Balaban J connectivity index is 2.26. The number of nitrogens with two attached hydrogens (primary N) is 1. The molecular weight excluding hydrogens is 305 g/mol. The van der Waals surface area contributed by atoms with Crippen molar-refractivity contribution in [2.24, 2.45) is 5.84 Å². The minimum Gasteiger partial charge on any atom is -0.497 e. The van der Waals surface area contributed by atoms with E-state index in [0.29, 0.717) is 20.9 Å². The molecule has 0 fully saturated rings. The number of pyridine rings is 1. The molecule has 0 atom stereocenters. The summed E-state index contributed by atoms with van der Waals surface area (Å²) >= 11 is 13.5. The van der Waals surface area contributed by atoms with Gasteiger partial charge < -0.3 is 10.2 Å². The van der Waals surface area contributed by atoms with Crippen LogP contribution in [0.2, 0.25) is 10.0 Å². The topological polar surface area (TPSA) is 60.2 Å². The molecular formula is C12H11Cl2N3OS. The van der Waals surface area contributed by atoms with Gasteiger partial charge in [0.2, 0.25) is 0 Å². The molecule has 0 saturated heterocycles. The van der Waals surface area contributed by atoms with E-state index in [0.717, 1.165) is 10.6 Å². The van der Waals surface area contributed by atoms with Crippen molar-refractivity contribution in [1.29, 1.82) is 0 Å². The maximum atomic E-state index is 6.11. The Morgan fingerprint density at radius 2 is 1.89 bits per heavy atom. The first-order chi connectivity index (χ1) is 9.13. The number of hydrogen-bond donors (Lipinski definition) is 2. The van der Waals surface area contributed by atoms with Crippen LogP contribution in [0.1, 0.15) is 0 Å². The summed E-state index contributed by atoms with van der Waals surface area (Å²) in [5.74, 6) is 6.52. The number of nitrogens with one attached hydrogen (secondary N) is 1. The lowest BCUT2D eigenvalue weighted by Crippen LogP contribution is -2.09. The average Bonchev–Trinajstić information content (AvgIpc) is 2.42. The molecule has 2 rings (SSSR count). The summed E-state index contributed by atoms with van der Waals surface area (Å²) in [5, 5.41) is 1.49. The van der Waals surface area contributed by atoms with Gasteiger partial charge in [0, 0.05) is 4.90 Å². The second-order valence-electron chi connectivity index (χ2n) is 3.53. The summed E-state index contributed by atoms with van der Waals surface area (Å²) < 4.78 is 5.10. The van der Waals surface area contributed by atoms with Gasteiger partial charge in [-0.1, -0.05) is 35.0 Å². The van der Waals surface area contributed by atoms with Crippen LogP contribution in [0.5, 0.6) is 5.75 Å². The highest BCUT2D eigenvalue weighted by atomic mass is 35.5. The van der Waals surface area contributed by atoms with Crippen molar-refractivity contribution in [3.8, 4) is 5.75 Å². The largest absolute Gasteiger partial charge is 0.497 e. The van der Waals surface area contributed by atoms with Crippen LogP contribution in [-0.2, 0) is 0 Å². The van der Waals surface area contributed by atoms with Crippen molar-refractivity contribution in [3.05, 3.63) is 40.4 Å². The predicted molar refractivity (Wildman–Crippen MR) is 79.2 cm³/mol. The summed E-state index contributed by atoms with van der Waals surface area (Å²) in [5.41, 5.74) is 2.43. The maximum Gasteiger partial charge on any atom is 0.160 e. The smallest absolute Gasteiger partial charge is 0.160 e. The van der Waals surface area contributed by atoms with Crippen LogP contribution in [-0.4, -0.2) is 12.1 Å². The van der Waals surface area contributed by atoms with Crippen LogP contribution in [0.15, 0.2) is 40.3 Å². The zero-order chi connectivity index (χ0) is 13.8. The van der Waals surface area contributed by atoms with Crippen molar-refractivity contribution < 1.29 is 4.74 Å². The Labute approximate surface area is 125 Å². The van der Waals surface area contributed by atoms with Gasteiger partial charge >= 0.3 is 0 Å². The fourth-order valence-electron chi connectivity index (χ4n) is 1.38.